The third kappa shape index (κ3) is 7.09. The number of ketones is 1. The first kappa shape index (κ1) is 29.7. The van der Waals surface area contributed by atoms with E-state index in [0.717, 1.165) is 37.7 Å². The van der Waals surface area contributed by atoms with Gasteiger partial charge >= 0.3 is 0 Å². The van der Waals surface area contributed by atoms with E-state index >= 15 is 0 Å². The number of hydrogen-bond acceptors (Lipinski definition) is 6. The zero-order valence-electron chi connectivity index (χ0n) is 24.1. The summed E-state index contributed by atoms with van der Waals surface area (Å²) < 4.78 is 17.4. The Kier molecular flexibility index (Phi) is 10.4. The normalized spacial score (nSPS) is 16.2. The van der Waals surface area contributed by atoms with E-state index in [9.17, 15) is 14.7 Å². The van der Waals surface area contributed by atoms with E-state index in [1.807, 2.05) is 42.5 Å². The number of hydrogen-bond donors (Lipinski definition) is 1. The van der Waals surface area contributed by atoms with Crippen molar-refractivity contribution in [3.05, 3.63) is 95.1 Å². The largest absolute Gasteiger partial charge is 0.507 e. The molecule has 1 unspecified atom stereocenters. The fourth-order valence-electron chi connectivity index (χ4n) is 4.90. The number of ether oxygens (including phenoxy) is 3. The van der Waals surface area contributed by atoms with Crippen LogP contribution in [0.3, 0.4) is 0 Å². The number of amides is 1. The number of aliphatic hydroxyl groups excluding tert-OH is 1. The van der Waals surface area contributed by atoms with E-state index in [-0.39, 0.29) is 17.9 Å². The SMILES string of the molecule is CCCCCOc1ccc(C2/C(=C(\O)c3cccc(OCCCC)c3)C(=O)C(=O)N2Cc2ccccc2)cc1OC. The molecule has 216 valence electrons. The van der Waals surface area contributed by atoms with Crippen LogP contribution < -0.4 is 14.2 Å². The summed E-state index contributed by atoms with van der Waals surface area (Å²) in [5, 5.41) is 11.5. The summed E-state index contributed by atoms with van der Waals surface area (Å²) in [5.74, 6) is 0.0154. The van der Waals surface area contributed by atoms with Crippen LogP contribution in [0.1, 0.15) is 68.7 Å². The Hall–Kier alpha value is -4.26. The van der Waals surface area contributed by atoms with Gasteiger partial charge < -0.3 is 24.2 Å². The van der Waals surface area contributed by atoms with Crippen LogP contribution in [-0.4, -0.2) is 42.0 Å². The van der Waals surface area contributed by atoms with E-state index in [1.165, 1.54) is 4.90 Å². The molecule has 7 nitrogen and oxygen atoms in total. The lowest BCUT2D eigenvalue weighted by Gasteiger charge is -2.26. The van der Waals surface area contributed by atoms with Crippen LogP contribution in [0.25, 0.3) is 5.76 Å². The van der Waals surface area contributed by atoms with Crippen molar-refractivity contribution in [2.75, 3.05) is 20.3 Å². The third-order valence-electron chi connectivity index (χ3n) is 7.12. The van der Waals surface area contributed by atoms with Gasteiger partial charge in [-0.05, 0) is 48.2 Å². The van der Waals surface area contributed by atoms with Crippen LogP contribution in [0.4, 0.5) is 0 Å². The average Bonchev–Trinajstić information content (AvgIpc) is 3.24. The minimum atomic E-state index is -0.831. The Morgan fingerprint density at radius 1 is 0.829 bits per heavy atom. The van der Waals surface area contributed by atoms with Crippen LogP contribution in [0.15, 0.2) is 78.4 Å². The minimum absolute atomic E-state index is 0.0234. The lowest BCUT2D eigenvalue weighted by Crippen LogP contribution is -2.29. The van der Waals surface area contributed by atoms with E-state index in [0.29, 0.717) is 41.6 Å². The van der Waals surface area contributed by atoms with Gasteiger partial charge in [-0.25, -0.2) is 0 Å². The van der Waals surface area contributed by atoms with Crippen molar-refractivity contribution in [3.8, 4) is 17.2 Å². The molecule has 1 aliphatic heterocycles. The fraction of sp³-hybridized carbons (Fsp3) is 0.353. The second-order valence-corrected chi connectivity index (χ2v) is 10.1. The molecule has 0 aromatic heterocycles. The highest BCUT2D eigenvalue weighted by Crippen LogP contribution is 2.43. The lowest BCUT2D eigenvalue weighted by atomic mass is 9.94. The zero-order valence-corrected chi connectivity index (χ0v) is 24.1. The molecule has 3 aromatic rings. The first-order valence-corrected chi connectivity index (χ1v) is 14.3. The van der Waals surface area contributed by atoms with Crippen molar-refractivity contribution in [2.45, 2.75) is 58.5 Å². The molecule has 0 radical (unpaired) electrons. The molecule has 1 amide bonds. The molecule has 1 heterocycles. The molecule has 0 aliphatic carbocycles. The Morgan fingerprint density at radius 2 is 1.59 bits per heavy atom. The van der Waals surface area contributed by atoms with Gasteiger partial charge in [0.05, 0.1) is 31.9 Å². The average molecular weight is 558 g/mol. The van der Waals surface area contributed by atoms with Gasteiger partial charge in [0, 0.05) is 12.1 Å². The van der Waals surface area contributed by atoms with Crippen molar-refractivity contribution in [1.29, 1.82) is 0 Å². The lowest BCUT2D eigenvalue weighted by molar-refractivity contribution is -0.140. The summed E-state index contributed by atoms with van der Waals surface area (Å²) in [6.45, 7) is 5.53. The number of aliphatic hydroxyl groups is 1. The topological polar surface area (TPSA) is 85.3 Å². The highest BCUT2D eigenvalue weighted by atomic mass is 16.5. The van der Waals surface area contributed by atoms with Gasteiger partial charge in [0.2, 0.25) is 0 Å². The van der Waals surface area contributed by atoms with Crippen LogP contribution in [0.5, 0.6) is 17.2 Å². The number of methoxy groups -OCH3 is 1. The molecule has 1 aliphatic rings. The Balaban J connectivity index is 1.77. The molecule has 0 bridgehead atoms. The van der Waals surface area contributed by atoms with Gasteiger partial charge in [-0.2, -0.15) is 0 Å². The van der Waals surface area contributed by atoms with Crippen molar-refractivity contribution < 1.29 is 28.9 Å². The number of unbranched alkanes of at least 4 members (excludes halogenated alkanes) is 3. The van der Waals surface area contributed by atoms with Crippen LogP contribution in [0, 0.1) is 0 Å². The molecular formula is C34H39NO6. The quantitative estimate of drug-likeness (QED) is 0.0988. The number of likely N-dealkylation sites (tertiary alicyclic amines) is 1. The molecule has 3 aromatic carbocycles. The van der Waals surface area contributed by atoms with E-state index < -0.39 is 17.7 Å². The van der Waals surface area contributed by atoms with Crippen LogP contribution in [-0.2, 0) is 16.1 Å². The second kappa shape index (κ2) is 14.4. The van der Waals surface area contributed by atoms with Crippen molar-refractivity contribution in [3.63, 3.8) is 0 Å². The molecule has 41 heavy (non-hydrogen) atoms. The monoisotopic (exact) mass is 557 g/mol. The Labute approximate surface area is 242 Å². The van der Waals surface area contributed by atoms with Gasteiger partial charge in [0.25, 0.3) is 11.7 Å². The first-order valence-electron chi connectivity index (χ1n) is 14.3. The number of benzene rings is 3. The van der Waals surface area contributed by atoms with Gasteiger partial charge in [0.15, 0.2) is 11.5 Å². The van der Waals surface area contributed by atoms with Crippen LogP contribution in [0.2, 0.25) is 0 Å². The van der Waals surface area contributed by atoms with E-state index in [2.05, 4.69) is 13.8 Å². The fourth-order valence-corrected chi connectivity index (χ4v) is 4.90. The van der Waals surface area contributed by atoms with Gasteiger partial charge in [-0.15, -0.1) is 0 Å². The number of nitrogens with zero attached hydrogens (tertiary/aromatic N) is 1. The highest BCUT2D eigenvalue weighted by Gasteiger charge is 2.46. The maximum absolute atomic E-state index is 13.5. The zero-order chi connectivity index (χ0) is 29.2. The molecule has 1 fully saturated rings. The predicted molar refractivity (Wildman–Crippen MR) is 159 cm³/mol. The molecule has 0 saturated carbocycles. The summed E-state index contributed by atoms with van der Waals surface area (Å²) in [5.41, 5.74) is 1.93. The summed E-state index contributed by atoms with van der Waals surface area (Å²) >= 11 is 0. The summed E-state index contributed by atoms with van der Waals surface area (Å²) in [7, 11) is 1.56. The summed E-state index contributed by atoms with van der Waals surface area (Å²) in [4.78, 5) is 28.5. The predicted octanol–water partition coefficient (Wildman–Crippen LogP) is 7.07. The maximum atomic E-state index is 13.5. The number of rotatable bonds is 14. The Morgan fingerprint density at radius 3 is 2.32 bits per heavy atom. The maximum Gasteiger partial charge on any atom is 0.295 e. The van der Waals surface area contributed by atoms with Crippen molar-refractivity contribution in [2.24, 2.45) is 0 Å². The molecule has 7 heteroatoms. The number of carbonyl (C=O) groups is 2. The van der Waals surface area contributed by atoms with Gasteiger partial charge in [-0.1, -0.05) is 81.6 Å². The standard InChI is InChI=1S/C34H39NO6/c1-4-6-11-20-41-28-18-17-25(22-29(28)39-3)31-30(32(36)26-15-12-16-27(21-26)40-19-7-5-2)33(37)34(38)35(31)23-24-13-9-8-10-14-24/h8-10,12-18,21-22,31,36H,4-7,11,19-20,23H2,1-3H3/b32-30+. The van der Waals surface area contributed by atoms with E-state index in [1.54, 1.807) is 37.4 Å². The summed E-state index contributed by atoms with van der Waals surface area (Å²) in [6.07, 6.45) is 4.99. The minimum Gasteiger partial charge on any atom is -0.507 e. The van der Waals surface area contributed by atoms with Gasteiger partial charge in [0.1, 0.15) is 11.5 Å². The summed E-state index contributed by atoms with van der Waals surface area (Å²) in [6, 6.07) is 21.0. The number of Topliss-reactive ketones (excluding diaryl/α,β-unsaturated/α-hetero) is 1. The van der Waals surface area contributed by atoms with Crippen LogP contribution >= 0.6 is 0 Å². The third-order valence-corrected chi connectivity index (χ3v) is 7.12. The molecule has 4 rings (SSSR count). The van der Waals surface area contributed by atoms with E-state index in [4.69, 9.17) is 14.2 Å². The molecule has 0 spiro atoms. The van der Waals surface area contributed by atoms with Crippen molar-refractivity contribution in [1.82, 2.24) is 4.90 Å². The smallest absolute Gasteiger partial charge is 0.295 e. The van der Waals surface area contributed by atoms with Crippen molar-refractivity contribution >= 4 is 17.4 Å². The molecule has 1 saturated heterocycles. The molecule has 1 atom stereocenters. The molecule has 1 N–H and O–H groups in total. The number of carbonyl (C=O) groups excluding carboxylic acids is 2. The highest BCUT2D eigenvalue weighted by molar-refractivity contribution is 6.46. The molecular weight excluding hydrogens is 518 g/mol. The second-order valence-electron chi connectivity index (χ2n) is 10.1. The first-order chi connectivity index (χ1) is 20.0. The van der Waals surface area contributed by atoms with Gasteiger partial charge in [-0.3, -0.25) is 9.59 Å². The Bertz CT molecular complexity index is 1370.